The van der Waals surface area contributed by atoms with Crippen LogP contribution in [0.4, 0.5) is 0 Å². The molecule has 1 N–H and O–H groups in total. The molecule has 0 bridgehead atoms. The normalized spacial score (nSPS) is 11.6. The lowest BCUT2D eigenvalue weighted by atomic mass is 10.0. The van der Waals surface area contributed by atoms with Crippen LogP contribution in [0.2, 0.25) is 0 Å². The van der Waals surface area contributed by atoms with E-state index < -0.39 is 0 Å². The van der Waals surface area contributed by atoms with E-state index in [0.717, 1.165) is 32.6 Å². The Morgan fingerprint density at radius 1 is 0.944 bits per heavy atom. The molecule has 4 nitrogen and oxygen atoms in total. The molecule has 0 atom stereocenters. The molecular formula is C14H8N2O2. The quantitative estimate of drug-likeness (QED) is 0.477. The zero-order valence-corrected chi connectivity index (χ0v) is 9.31. The Balaban J connectivity index is 2.27. The fraction of sp³-hybridized carbons (Fsp3) is 0. The number of benzene rings is 3. The zero-order chi connectivity index (χ0) is 12.1. The Labute approximate surface area is 101 Å². The highest BCUT2D eigenvalue weighted by Crippen LogP contribution is 2.26. The van der Waals surface area contributed by atoms with E-state index in [0.29, 0.717) is 0 Å². The van der Waals surface area contributed by atoms with Crippen LogP contribution in [-0.2, 0) is 0 Å². The number of nitrogens with zero attached hydrogens (tertiary/aromatic N) is 1. The third kappa shape index (κ3) is 1.20. The third-order valence-corrected chi connectivity index (χ3v) is 3.22. The summed E-state index contributed by atoms with van der Waals surface area (Å²) in [7, 11) is 0. The van der Waals surface area contributed by atoms with E-state index in [2.05, 4.69) is 10.3 Å². The average Bonchev–Trinajstić information content (AvgIpc) is 2.85. The standard InChI is InChI=1S/C14H8N2O2/c17-11-3-1-8-7-12-9(5-10(8)6-11)2-4-13-14(12)16-18-15-13/h1-7,16H. The zero-order valence-electron chi connectivity index (χ0n) is 9.31. The van der Waals surface area contributed by atoms with Crippen molar-refractivity contribution in [3.63, 3.8) is 0 Å². The summed E-state index contributed by atoms with van der Waals surface area (Å²) in [6.45, 7) is 0. The molecule has 4 rings (SSSR count). The van der Waals surface area contributed by atoms with Gasteiger partial charge in [-0.25, -0.2) is 0 Å². The minimum absolute atomic E-state index is 0.0273. The van der Waals surface area contributed by atoms with Gasteiger partial charge < -0.3 is 0 Å². The molecule has 4 heteroatoms. The Kier molecular flexibility index (Phi) is 1.67. The topological polar surface area (TPSA) is 58.9 Å². The maximum atomic E-state index is 11.4. The molecule has 1 aromatic heterocycles. The van der Waals surface area contributed by atoms with Gasteiger partial charge in [-0.05, 0) is 46.5 Å². The summed E-state index contributed by atoms with van der Waals surface area (Å²) in [5.41, 5.74) is 1.70. The number of fused-ring (bicyclic) bond motifs is 4. The van der Waals surface area contributed by atoms with Gasteiger partial charge in [0.25, 0.3) is 0 Å². The molecule has 0 saturated carbocycles. The highest BCUT2D eigenvalue weighted by Gasteiger charge is 2.05. The highest BCUT2D eigenvalue weighted by atomic mass is 16.6. The van der Waals surface area contributed by atoms with Crippen LogP contribution >= 0.6 is 0 Å². The number of nitrogens with one attached hydrogen (secondary N) is 1. The molecular weight excluding hydrogens is 228 g/mol. The van der Waals surface area contributed by atoms with Crippen molar-refractivity contribution in [2.75, 3.05) is 0 Å². The van der Waals surface area contributed by atoms with Crippen LogP contribution in [-0.4, -0.2) is 10.3 Å². The Morgan fingerprint density at radius 3 is 2.78 bits per heavy atom. The number of H-pyrrole nitrogens is 1. The highest BCUT2D eigenvalue weighted by molar-refractivity contribution is 6.09. The van der Waals surface area contributed by atoms with Crippen LogP contribution in [0.5, 0.6) is 0 Å². The monoisotopic (exact) mass is 236 g/mol. The number of hydrogen-bond acceptors (Lipinski definition) is 3. The molecule has 0 spiro atoms. The second-order valence-corrected chi connectivity index (χ2v) is 4.33. The minimum Gasteiger partial charge on any atom is -0.290 e. The average molecular weight is 236 g/mol. The number of aromatic nitrogens is 2. The number of aromatic amines is 1. The molecule has 0 saturated heterocycles. The van der Waals surface area contributed by atoms with Gasteiger partial charge >= 0.3 is 0 Å². The number of hydrogen-bond donors (Lipinski definition) is 1. The minimum atomic E-state index is 0.0273. The van der Waals surface area contributed by atoms with Crippen LogP contribution in [0.3, 0.4) is 0 Å². The van der Waals surface area contributed by atoms with Crippen molar-refractivity contribution in [1.82, 2.24) is 10.3 Å². The van der Waals surface area contributed by atoms with Crippen molar-refractivity contribution >= 4 is 32.6 Å². The van der Waals surface area contributed by atoms with Crippen molar-refractivity contribution in [3.05, 3.63) is 52.7 Å². The van der Waals surface area contributed by atoms with Gasteiger partial charge in [-0.1, -0.05) is 17.3 Å². The van der Waals surface area contributed by atoms with Gasteiger partial charge in [0.2, 0.25) is 0 Å². The second kappa shape index (κ2) is 3.20. The van der Waals surface area contributed by atoms with Crippen molar-refractivity contribution in [2.45, 2.75) is 0 Å². The summed E-state index contributed by atoms with van der Waals surface area (Å²) in [4.78, 5) is 11.4. The van der Waals surface area contributed by atoms with Gasteiger partial charge in [-0.2, -0.15) is 5.16 Å². The molecule has 0 aliphatic carbocycles. The molecule has 0 fully saturated rings. The summed E-state index contributed by atoms with van der Waals surface area (Å²) in [6, 6.07) is 13.0. The lowest BCUT2D eigenvalue weighted by Gasteiger charge is -2.01. The van der Waals surface area contributed by atoms with Gasteiger partial charge in [-0.3, -0.25) is 9.42 Å². The molecule has 1 heterocycles. The maximum absolute atomic E-state index is 11.4. The first kappa shape index (κ1) is 9.41. The van der Waals surface area contributed by atoms with Crippen LogP contribution in [0, 0.1) is 0 Å². The molecule has 86 valence electrons. The van der Waals surface area contributed by atoms with Crippen molar-refractivity contribution in [2.24, 2.45) is 0 Å². The van der Waals surface area contributed by atoms with Crippen molar-refractivity contribution in [1.29, 1.82) is 0 Å². The molecule has 0 amide bonds. The molecule has 4 aromatic rings. The largest absolute Gasteiger partial charge is 0.290 e. The first-order valence-corrected chi connectivity index (χ1v) is 5.62. The summed E-state index contributed by atoms with van der Waals surface area (Å²) >= 11 is 0. The van der Waals surface area contributed by atoms with Crippen LogP contribution in [0.15, 0.2) is 51.9 Å². The van der Waals surface area contributed by atoms with Gasteiger partial charge in [0, 0.05) is 5.39 Å². The Bertz CT molecular complexity index is 950. The predicted molar refractivity (Wildman–Crippen MR) is 69.6 cm³/mol. The second-order valence-electron chi connectivity index (χ2n) is 4.33. The fourth-order valence-corrected chi connectivity index (χ4v) is 2.34. The molecule has 0 unspecified atom stereocenters. The van der Waals surface area contributed by atoms with Gasteiger partial charge in [0.1, 0.15) is 11.0 Å². The van der Waals surface area contributed by atoms with Crippen LogP contribution in [0.1, 0.15) is 0 Å². The Morgan fingerprint density at radius 2 is 1.83 bits per heavy atom. The molecule has 0 aliphatic rings. The van der Waals surface area contributed by atoms with E-state index in [1.165, 1.54) is 0 Å². The SMILES string of the molecule is O=c1ccc2cc3c(ccc4no[nH]c43)cc2c1. The van der Waals surface area contributed by atoms with E-state index in [1.54, 1.807) is 12.1 Å². The summed E-state index contributed by atoms with van der Waals surface area (Å²) in [6.07, 6.45) is 0. The van der Waals surface area contributed by atoms with Gasteiger partial charge in [-0.15, -0.1) is 0 Å². The van der Waals surface area contributed by atoms with E-state index >= 15 is 0 Å². The molecule has 18 heavy (non-hydrogen) atoms. The van der Waals surface area contributed by atoms with E-state index in [9.17, 15) is 4.79 Å². The Hall–Kier alpha value is -2.62. The van der Waals surface area contributed by atoms with Crippen LogP contribution < -0.4 is 5.43 Å². The lowest BCUT2D eigenvalue weighted by Crippen LogP contribution is -1.94. The molecule has 0 radical (unpaired) electrons. The summed E-state index contributed by atoms with van der Waals surface area (Å²) in [5, 5.41) is 10.8. The maximum Gasteiger partial charge on any atom is 0.179 e. The first-order chi connectivity index (χ1) is 8.81. The van der Waals surface area contributed by atoms with E-state index in [-0.39, 0.29) is 5.43 Å². The molecule has 3 aromatic carbocycles. The first-order valence-electron chi connectivity index (χ1n) is 5.62. The van der Waals surface area contributed by atoms with Crippen LogP contribution in [0.25, 0.3) is 32.6 Å². The van der Waals surface area contributed by atoms with E-state index in [4.69, 9.17) is 4.63 Å². The number of rotatable bonds is 0. The predicted octanol–water partition coefficient (Wildman–Crippen LogP) is 2.82. The smallest absolute Gasteiger partial charge is 0.179 e. The van der Waals surface area contributed by atoms with Crippen molar-refractivity contribution < 1.29 is 4.63 Å². The fourth-order valence-electron chi connectivity index (χ4n) is 2.34. The lowest BCUT2D eigenvalue weighted by molar-refractivity contribution is 0.316. The van der Waals surface area contributed by atoms with Gasteiger partial charge in [0.05, 0.1) is 0 Å². The van der Waals surface area contributed by atoms with Crippen molar-refractivity contribution in [3.8, 4) is 0 Å². The summed E-state index contributed by atoms with van der Waals surface area (Å²) < 4.78 is 4.88. The van der Waals surface area contributed by atoms with Gasteiger partial charge in [0.15, 0.2) is 5.43 Å². The summed E-state index contributed by atoms with van der Waals surface area (Å²) in [5.74, 6) is 0. The molecule has 0 aliphatic heterocycles. The van der Waals surface area contributed by atoms with E-state index in [1.807, 2.05) is 30.3 Å². The third-order valence-electron chi connectivity index (χ3n) is 3.22.